The lowest BCUT2D eigenvalue weighted by molar-refractivity contribution is -0.111. The number of methoxy groups -OCH3 is 1. The van der Waals surface area contributed by atoms with E-state index >= 15 is 0 Å². The molecule has 21 heavy (non-hydrogen) atoms. The number of ether oxygens (including phenoxy) is 1. The SMILES string of the molecule is COc1cccc(/C=C/C(=O)Nc2cccc(Br)c2)c1Cl. The van der Waals surface area contributed by atoms with Crippen molar-refractivity contribution in [3.8, 4) is 5.75 Å². The van der Waals surface area contributed by atoms with E-state index in [4.69, 9.17) is 16.3 Å². The van der Waals surface area contributed by atoms with E-state index in [1.165, 1.54) is 6.08 Å². The van der Waals surface area contributed by atoms with Crippen molar-refractivity contribution in [1.82, 2.24) is 0 Å². The first-order valence-corrected chi connectivity index (χ1v) is 7.34. The zero-order chi connectivity index (χ0) is 15.2. The van der Waals surface area contributed by atoms with Gasteiger partial charge in [0.05, 0.1) is 12.1 Å². The van der Waals surface area contributed by atoms with Crippen molar-refractivity contribution in [2.75, 3.05) is 12.4 Å². The lowest BCUT2D eigenvalue weighted by atomic mass is 10.2. The van der Waals surface area contributed by atoms with Gasteiger partial charge in [-0.05, 0) is 35.9 Å². The third-order valence-corrected chi connectivity index (χ3v) is 3.62. The van der Waals surface area contributed by atoms with Crippen LogP contribution in [0.2, 0.25) is 5.02 Å². The van der Waals surface area contributed by atoms with Crippen molar-refractivity contribution in [1.29, 1.82) is 0 Å². The Labute approximate surface area is 136 Å². The van der Waals surface area contributed by atoms with Gasteiger partial charge in [0.2, 0.25) is 5.91 Å². The quantitative estimate of drug-likeness (QED) is 0.792. The third-order valence-electron chi connectivity index (χ3n) is 2.72. The van der Waals surface area contributed by atoms with Gasteiger partial charge >= 0.3 is 0 Å². The molecule has 0 heterocycles. The molecule has 0 unspecified atom stereocenters. The van der Waals surface area contributed by atoms with Crippen molar-refractivity contribution in [2.45, 2.75) is 0 Å². The van der Waals surface area contributed by atoms with Crippen LogP contribution in [0.15, 0.2) is 53.0 Å². The first-order chi connectivity index (χ1) is 10.1. The molecule has 0 fully saturated rings. The van der Waals surface area contributed by atoms with Crippen molar-refractivity contribution < 1.29 is 9.53 Å². The van der Waals surface area contributed by atoms with Gasteiger partial charge in [0.1, 0.15) is 5.75 Å². The second-order valence-electron chi connectivity index (χ2n) is 4.20. The molecule has 0 bridgehead atoms. The number of halogens is 2. The summed E-state index contributed by atoms with van der Waals surface area (Å²) in [5, 5.41) is 3.25. The topological polar surface area (TPSA) is 38.3 Å². The highest BCUT2D eigenvalue weighted by atomic mass is 79.9. The fourth-order valence-electron chi connectivity index (χ4n) is 1.73. The highest BCUT2D eigenvalue weighted by Crippen LogP contribution is 2.28. The molecule has 2 rings (SSSR count). The Morgan fingerprint density at radius 3 is 2.76 bits per heavy atom. The van der Waals surface area contributed by atoms with E-state index in [-0.39, 0.29) is 5.91 Å². The summed E-state index contributed by atoms with van der Waals surface area (Å²) in [6, 6.07) is 12.8. The zero-order valence-corrected chi connectivity index (χ0v) is 13.6. The van der Waals surface area contributed by atoms with Crippen LogP contribution in [0.25, 0.3) is 6.08 Å². The number of hydrogen-bond donors (Lipinski definition) is 1. The van der Waals surface area contributed by atoms with Gasteiger partial charge in [0.25, 0.3) is 0 Å². The maximum Gasteiger partial charge on any atom is 0.248 e. The smallest absolute Gasteiger partial charge is 0.248 e. The molecule has 1 amide bonds. The van der Waals surface area contributed by atoms with Gasteiger partial charge in [0.15, 0.2) is 0 Å². The van der Waals surface area contributed by atoms with Gasteiger partial charge in [-0.15, -0.1) is 0 Å². The molecule has 2 aromatic rings. The minimum absolute atomic E-state index is 0.230. The summed E-state index contributed by atoms with van der Waals surface area (Å²) in [5.41, 5.74) is 1.44. The molecule has 0 aromatic heterocycles. The van der Waals surface area contributed by atoms with Crippen LogP contribution in [0, 0.1) is 0 Å². The number of carbonyl (C=O) groups is 1. The molecule has 3 nitrogen and oxygen atoms in total. The van der Waals surface area contributed by atoms with E-state index in [0.29, 0.717) is 10.8 Å². The van der Waals surface area contributed by atoms with Crippen molar-refractivity contribution in [2.24, 2.45) is 0 Å². The first kappa shape index (κ1) is 15.6. The largest absolute Gasteiger partial charge is 0.495 e. The first-order valence-electron chi connectivity index (χ1n) is 6.17. The average molecular weight is 367 g/mol. The third kappa shape index (κ3) is 4.34. The van der Waals surface area contributed by atoms with Crippen LogP contribution in [0.5, 0.6) is 5.75 Å². The lowest BCUT2D eigenvalue weighted by Gasteiger charge is -2.05. The Morgan fingerprint density at radius 2 is 2.05 bits per heavy atom. The van der Waals surface area contributed by atoms with Gasteiger partial charge in [-0.2, -0.15) is 0 Å². The molecular formula is C16H13BrClNO2. The predicted octanol–water partition coefficient (Wildman–Crippen LogP) is 4.76. The highest BCUT2D eigenvalue weighted by molar-refractivity contribution is 9.10. The molecule has 0 saturated heterocycles. The Kier molecular flexibility index (Phi) is 5.42. The molecule has 1 N–H and O–H groups in total. The van der Waals surface area contributed by atoms with E-state index in [1.807, 2.05) is 36.4 Å². The van der Waals surface area contributed by atoms with Gasteiger partial charge in [-0.3, -0.25) is 4.79 Å². The van der Waals surface area contributed by atoms with Crippen molar-refractivity contribution in [3.63, 3.8) is 0 Å². The molecule has 0 spiro atoms. The number of nitrogens with one attached hydrogen (secondary N) is 1. The Morgan fingerprint density at radius 1 is 1.29 bits per heavy atom. The van der Waals surface area contributed by atoms with Crippen LogP contribution in [0.1, 0.15) is 5.56 Å². The monoisotopic (exact) mass is 365 g/mol. The van der Waals surface area contributed by atoms with Gasteiger partial charge in [0, 0.05) is 16.2 Å². The second kappa shape index (κ2) is 7.29. The van der Waals surface area contributed by atoms with Crippen molar-refractivity contribution >= 4 is 45.2 Å². The van der Waals surface area contributed by atoms with Crippen LogP contribution >= 0.6 is 27.5 Å². The van der Waals surface area contributed by atoms with E-state index in [1.54, 1.807) is 19.3 Å². The number of hydrogen-bond acceptors (Lipinski definition) is 2. The van der Waals surface area contributed by atoms with E-state index < -0.39 is 0 Å². The molecule has 0 saturated carbocycles. The zero-order valence-electron chi connectivity index (χ0n) is 11.3. The maximum atomic E-state index is 11.9. The van der Waals surface area contributed by atoms with Crippen LogP contribution in [-0.4, -0.2) is 13.0 Å². The van der Waals surface area contributed by atoms with Gasteiger partial charge in [-0.25, -0.2) is 0 Å². The summed E-state index contributed by atoms with van der Waals surface area (Å²) in [5.74, 6) is 0.346. The minimum Gasteiger partial charge on any atom is -0.495 e. The van der Waals surface area contributed by atoms with Crippen LogP contribution in [0.3, 0.4) is 0 Å². The maximum absolute atomic E-state index is 11.9. The Balaban J connectivity index is 2.09. The standard InChI is InChI=1S/C16H13BrClNO2/c1-21-14-7-2-4-11(16(14)18)8-9-15(20)19-13-6-3-5-12(17)10-13/h2-10H,1H3,(H,19,20)/b9-8+. The molecule has 0 aliphatic rings. The van der Waals surface area contributed by atoms with Crippen molar-refractivity contribution in [3.05, 3.63) is 63.6 Å². The summed E-state index contributed by atoms with van der Waals surface area (Å²) in [4.78, 5) is 11.9. The van der Waals surface area contributed by atoms with Gasteiger partial charge in [-0.1, -0.05) is 45.7 Å². The molecule has 0 atom stereocenters. The van der Waals surface area contributed by atoms with Crippen LogP contribution in [0.4, 0.5) is 5.69 Å². The predicted molar refractivity (Wildman–Crippen MR) is 89.8 cm³/mol. The summed E-state index contributed by atoms with van der Waals surface area (Å²) < 4.78 is 6.03. The minimum atomic E-state index is -0.230. The fourth-order valence-corrected chi connectivity index (χ4v) is 2.40. The average Bonchev–Trinajstić information content (AvgIpc) is 2.46. The lowest BCUT2D eigenvalue weighted by Crippen LogP contribution is -2.07. The van der Waals surface area contributed by atoms with E-state index in [9.17, 15) is 4.79 Å². The Hall–Kier alpha value is -1.78. The van der Waals surface area contributed by atoms with Gasteiger partial charge < -0.3 is 10.1 Å². The molecule has 5 heteroatoms. The number of rotatable bonds is 4. The molecule has 0 aliphatic carbocycles. The van der Waals surface area contributed by atoms with E-state index in [2.05, 4.69) is 21.2 Å². The number of amides is 1. The highest BCUT2D eigenvalue weighted by Gasteiger charge is 2.04. The fraction of sp³-hybridized carbons (Fsp3) is 0.0625. The summed E-state index contributed by atoms with van der Waals surface area (Å²) in [6.45, 7) is 0. The van der Waals surface area contributed by atoms with E-state index in [0.717, 1.165) is 15.7 Å². The summed E-state index contributed by atoms with van der Waals surface area (Å²) in [7, 11) is 1.55. The number of anilines is 1. The molecule has 0 aliphatic heterocycles. The number of benzene rings is 2. The number of carbonyl (C=O) groups excluding carboxylic acids is 1. The summed E-state index contributed by atoms with van der Waals surface area (Å²) >= 11 is 9.51. The molecule has 0 radical (unpaired) electrons. The Bertz CT molecular complexity index is 686. The second-order valence-corrected chi connectivity index (χ2v) is 5.49. The van der Waals surface area contributed by atoms with Crippen LogP contribution < -0.4 is 10.1 Å². The normalized spacial score (nSPS) is 10.6. The van der Waals surface area contributed by atoms with Crippen LogP contribution in [-0.2, 0) is 4.79 Å². The summed E-state index contributed by atoms with van der Waals surface area (Å²) in [6.07, 6.45) is 3.08. The molecule has 108 valence electrons. The molecule has 2 aromatic carbocycles. The molecular weight excluding hydrogens is 354 g/mol.